The quantitative estimate of drug-likeness (QED) is 0.762. The number of primary amides is 1. The SMILES string of the molecule is N#Cc1ccccc1N1CCC1C(N)=O. The van der Waals surface area contributed by atoms with Crippen molar-refractivity contribution in [2.45, 2.75) is 12.5 Å². The van der Waals surface area contributed by atoms with E-state index in [0.717, 1.165) is 18.7 Å². The molecule has 76 valence electrons. The molecule has 1 aromatic rings. The number of hydrogen-bond donors (Lipinski definition) is 1. The van der Waals surface area contributed by atoms with E-state index in [1.54, 1.807) is 12.1 Å². The van der Waals surface area contributed by atoms with Crippen molar-refractivity contribution in [1.82, 2.24) is 0 Å². The van der Waals surface area contributed by atoms with E-state index in [-0.39, 0.29) is 11.9 Å². The molecule has 15 heavy (non-hydrogen) atoms. The summed E-state index contributed by atoms with van der Waals surface area (Å²) in [6.45, 7) is 0.784. The van der Waals surface area contributed by atoms with E-state index < -0.39 is 0 Å². The molecule has 0 aromatic heterocycles. The minimum absolute atomic E-state index is 0.250. The topological polar surface area (TPSA) is 70.1 Å². The Labute approximate surface area is 87.9 Å². The molecule has 0 saturated carbocycles. The first kappa shape index (κ1) is 9.53. The van der Waals surface area contributed by atoms with Crippen molar-refractivity contribution in [1.29, 1.82) is 5.26 Å². The van der Waals surface area contributed by atoms with Crippen molar-refractivity contribution in [3.63, 3.8) is 0 Å². The Hall–Kier alpha value is -2.02. The molecule has 0 radical (unpaired) electrons. The van der Waals surface area contributed by atoms with E-state index in [4.69, 9.17) is 11.0 Å². The Morgan fingerprint density at radius 2 is 2.27 bits per heavy atom. The molecule has 1 fully saturated rings. The van der Waals surface area contributed by atoms with Gasteiger partial charge in [0.25, 0.3) is 0 Å². The predicted octanol–water partition coefficient (Wildman–Crippen LogP) is 0.622. The number of hydrogen-bond acceptors (Lipinski definition) is 3. The van der Waals surface area contributed by atoms with Gasteiger partial charge >= 0.3 is 0 Å². The zero-order valence-electron chi connectivity index (χ0n) is 8.18. The molecule has 1 amide bonds. The Morgan fingerprint density at radius 3 is 2.80 bits per heavy atom. The Bertz CT molecular complexity index is 436. The fourth-order valence-electron chi connectivity index (χ4n) is 1.79. The first-order chi connectivity index (χ1) is 7.24. The van der Waals surface area contributed by atoms with Crippen molar-refractivity contribution >= 4 is 11.6 Å². The number of anilines is 1. The van der Waals surface area contributed by atoms with E-state index in [2.05, 4.69) is 6.07 Å². The summed E-state index contributed by atoms with van der Waals surface area (Å²) in [6, 6.07) is 9.10. The molecule has 0 bridgehead atoms. The molecule has 1 aliphatic rings. The zero-order valence-corrected chi connectivity index (χ0v) is 8.18. The summed E-state index contributed by atoms with van der Waals surface area (Å²) in [7, 11) is 0. The van der Waals surface area contributed by atoms with Crippen molar-refractivity contribution in [2.75, 3.05) is 11.4 Å². The van der Waals surface area contributed by atoms with Gasteiger partial charge in [0.15, 0.2) is 0 Å². The summed E-state index contributed by atoms with van der Waals surface area (Å²) in [5.41, 5.74) is 6.64. The summed E-state index contributed by atoms with van der Waals surface area (Å²) in [5.74, 6) is -0.325. The molecule has 2 N–H and O–H groups in total. The van der Waals surface area contributed by atoms with Crippen LogP contribution in [0.4, 0.5) is 5.69 Å². The van der Waals surface area contributed by atoms with Gasteiger partial charge in [0.05, 0.1) is 11.3 Å². The molecule has 1 aromatic carbocycles. The maximum atomic E-state index is 11.1. The van der Waals surface area contributed by atoms with E-state index in [0.29, 0.717) is 5.56 Å². The third-order valence-electron chi connectivity index (χ3n) is 2.68. The van der Waals surface area contributed by atoms with Crippen LogP contribution in [0, 0.1) is 11.3 Å². The van der Waals surface area contributed by atoms with Gasteiger partial charge in [-0.3, -0.25) is 4.79 Å². The highest BCUT2D eigenvalue weighted by Crippen LogP contribution is 2.28. The molecule has 1 heterocycles. The van der Waals surface area contributed by atoms with Gasteiger partial charge in [0, 0.05) is 6.54 Å². The molecule has 1 unspecified atom stereocenters. The van der Waals surface area contributed by atoms with E-state index in [1.165, 1.54) is 0 Å². The van der Waals surface area contributed by atoms with Gasteiger partial charge in [0.2, 0.25) is 5.91 Å². The number of para-hydroxylation sites is 1. The number of nitrogens with two attached hydrogens (primary N) is 1. The lowest BCUT2D eigenvalue weighted by molar-refractivity contribution is -0.120. The van der Waals surface area contributed by atoms with Gasteiger partial charge in [-0.05, 0) is 18.6 Å². The number of carbonyl (C=O) groups is 1. The molecule has 4 heteroatoms. The average molecular weight is 201 g/mol. The monoisotopic (exact) mass is 201 g/mol. The number of benzene rings is 1. The van der Waals surface area contributed by atoms with Gasteiger partial charge in [-0.15, -0.1) is 0 Å². The van der Waals surface area contributed by atoms with Crippen LogP contribution < -0.4 is 10.6 Å². The van der Waals surface area contributed by atoms with E-state index in [1.807, 2.05) is 17.0 Å². The number of amides is 1. The molecule has 2 rings (SSSR count). The zero-order chi connectivity index (χ0) is 10.8. The van der Waals surface area contributed by atoms with Crippen molar-refractivity contribution in [3.05, 3.63) is 29.8 Å². The van der Waals surface area contributed by atoms with Gasteiger partial charge < -0.3 is 10.6 Å². The van der Waals surface area contributed by atoms with Crippen LogP contribution in [0.3, 0.4) is 0 Å². The van der Waals surface area contributed by atoms with Crippen LogP contribution in [0.1, 0.15) is 12.0 Å². The molecule has 0 aliphatic carbocycles. The van der Waals surface area contributed by atoms with Crippen molar-refractivity contribution < 1.29 is 4.79 Å². The van der Waals surface area contributed by atoms with Gasteiger partial charge in [-0.2, -0.15) is 5.26 Å². The van der Waals surface area contributed by atoms with Crippen LogP contribution in [-0.2, 0) is 4.79 Å². The largest absolute Gasteiger partial charge is 0.368 e. The molecule has 1 aliphatic heterocycles. The van der Waals surface area contributed by atoms with Crippen molar-refractivity contribution in [2.24, 2.45) is 5.73 Å². The van der Waals surface area contributed by atoms with Crippen LogP contribution in [0.2, 0.25) is 0 Å². The maximum absolute atomic E-state index is 11.1. The molecule has 4 nitrogen and oxygen atoms in total. The van der Waals surface area contributed by atoms with Crippen LogP contribution in [0.5, 0.6) is 0 Å². The summed E-state index contributed by atoms with van der Waals surface area (Å²) in [6.07, 6.45) is 0.773. The second-order valence-corrected chi connectivity index (χ2v) is 3.53. The van der Waals surface area contributed by atoms with E-state index in [9.17, 15) is 4.79 Å². The average Bonchev–Trinajstić information content (AvgIpc) is 2.16. The predicted molar refractivity (Wildman–Crippen MR) is 56.1 cm³/mol. The summed E-state index contributed by atoms with van der Waals surface area (Å²) in [5, 5.41) is 8.92. The lowest BCUT2D eigenvalue weighted by Gasteiger charge is -2.41. The standard InChI is InChI=1S/C11H11N3O/c12-7-8-3-1-2-4-9(8)14-6-5-10(14)11(13)15/h1-4,10H,5-6H2,(H2,13,15). The number of nitrogens with zero attached hydrogens (tertiary/aromatic N) is 2. The van der Waals surface area contributed by atoms with Crippen LogP contribution in [0.15, 0.2) is 24.3 Å². The Kier molecular flexibility index (Phi) is 2.30. The number of rotatable bonds is 2. The highest BCUT2D eigenvalue weighted by atomic mass is 16.1. The second-order valence-electron chi connectivity index (χ2n) is 3.53. The first-order valence-electron chi connectivity index (χ1n) is 4.79. The molecular weight excluding hydrogens is 190 g/mol. The third kappa shape index (κ3) is 1.52. The number of nitriles is 1. The molecular formula is C11H11N3O. The van der Waals surface area contributed by atoms with Crippen LogP contribution in [0.25, 0.3) is 0 Å². The van der Waals surface area contributed by atoms with Gasteiger partial charge in [0.1, 0.15) is 12.1 Å². The second kappa shape index (κ2) is 3.62. The summed E-state index contributed by atoms with van der Waals surface area (Å²) in [4.78, 5) is 12.9. The van der Waals surface area contributed by atoms with Crippen LogP contribution in [-0.4, -0.2) is 18.5 Å². The first-order valence-corrected chi connectivity index (χ1v) is 4.79. The normalized spacial score (nSPS) is 19.1. The highest BCUT2D eigenvalue weighted by Gasteiger charge is 2.33. The molecule has 1 saturated heterocycles. The smallest absolute Gasteiger partial charge is 0.240 e. The number of carbonyl (C=O) groups excluding carboxylic acids is 1. The minimum Gasteiger partial charge on any atom is -0.368 e. The van der Waals surface area contributed by atoms with Crippen LogP contribution >= 0.6 is 0 Å². The van der Waals surface area contributed by atoms with Crippen molar-refractivity contribution in [3.8, 4) is 6.07 Å². The Balaban J connectivity index is 2.31. The fraction of sp³-hybridized carbons (Fsp3) is 0.273. The molecule has 1 atom stereocenters. The third-order valence-corrected chi connectivity index (χ3v) is 2.68. The Morgan fingerprint density at radius 1 is 1.53 bits per heavy atom. The van der Waals surface area contributed by atoms with E-state index >= 15 is 0 Å². The molecule has 0 spiro atoms. The summed E-state index contributed by atoms with van der Waals surface area (Å²) < 4.78 is 0. The van der Waals surface area contributed by atoms with Gasteiger partial charge in [-0.1, -0.05) is 12.1 Å². The minimum atomic E-state index is -0.325. The highest BCUT2D eigenvalue weighted by molar-refractivity contribution is 5.86. The summed E-state index contributed by atoms with van der Waals surface area (Å²) >= 11 is 0. The van der Waals surface area contributed by atoms with Gasteiger partial charge in [-0.25, -0.2) is 0 Å². The fourth-order valence-corrected chi connectivity index (χ4v) is 1.79. The lowest BCUT2D eigenvalue weighted by Crippen LogP contribution is -2.55. The maximum Gasteiger partial charge on any atom is 0.240 e. The lowest BCUT2D eigenvalue weighted by atomic mass is 9.99.